The monoisotopic (exact) mass is 249 g/mol. The van der Waals surface area contributed by atoms with Crippen LogP contribution in [0.15, 0.2) is 12.4 Å². The zero-order valence-electron chi connectivity index (χ0n) is 8.02. The highest BCUT2D eigenvalue weighted by Crippen LogP contribution is 2.25. The molecule has 0 unspecified atom stereocenters. The maximum Gasteiger partial charge on any atom is 0.200 e. The first-order valence-corrected chi connectivity index (χ1v) is 4.25. The molecule has 1 aromatic carbocycles. The second-order valence-corrected chi connectivity index (χ2v) is 3.14. The number of hydrogen-bond acceptors (Lipinski definition) is 2. The molecule has 0 aliphatic heterocycles. The molecule has 0 fully saturated rings. The zero-order valence-corrected chi connectivity index (χ0v) is 8.02. The summed E-state index contributed by atoms with van der Waals surface area (Å²) in [5, 5.41) is 3.38. The third kappa shape index (κ3) is 1.61. The highest BCUT2D eigenvalue weighted by molar-refractivity contribution is 5.41. The Kier molecular flexibility index (Phi) is 2.49. The fourth-order valence-electron chi connectivity index (χ4n) is 1.25. The van der Waals surface area contributed by atoms with Gasteiger partial charge >= 0.3 is 0 Å². The second-order valence-electron chi connectivity index (χ2n) is 3.14. The van der Waals surface area contributed by atoms with Crippen molar-refractivity contribution in [2.45, 2.75) is 0 Å². The van der Waals surface area contributed by atoms with Crippen LogP contribution in [0.5, 0.6) is 0 Å². The number of nitrogens with zero attached hydrogens (tertiary/aromatic N) is 2. The van der Waals surface area contributed by atoms with Crippen molar-refractivity contribution in [1.29, 1.82) is 0 Å². The summed E-state index contributed by atoms with van der Waals surface area (Å²) in [6.45, 7) is 0. The van der Waals surface area contributed by atoms with Gasteiger partial charge in [0.15, 0.2) is 23.3 Å². The van der Waals surface area contributed by atoms with E-state index < -0.39 is 34.8 Å². The van der Waals surface area contributed by atoms with Crippen molar-refractivity contribution in [3.8, 4) is 5.69 Å². The Balaban J connectivity index is 2.78. The Morgan fingerprint density at radius 3 is 1.76 bits per heavy atom. The van der Waals surface area contributed by atoms with Crippen LogP contribution < -0.4 is 5.73 Å². The first-order valence-electron chi connectivity index (χ1n) is 4.25. The first kappa shape index (κ1) is 11.4. The topological polar surface area (TPSA) is 43.8 Å². The lowest BCUT2D eigenvalue weighted by Gasteiger charge is -2.07. The molecule has 0 bridgehead atoms. The van der Waals surface area contributed by atoms with Gasteiger partial charge in [0.25, 0.3) is 0 Å². The summed E-state index contributed by atoms with van der Waals surface area (Å²) in [4.78, 5) is 0. The molecular formula is C9H4F5N3. The average molecular weight is 249 g/mol. The fourth-order valence-corrected chi connectivity index (χ4v) is 1.25. The molecule has 0 radical (unpaired) electrons. The van der Waals surface area contributed by atoms with E-state index in [-0.39, 0.29) is 5.69 Å². The van der Waals surface area contributed by atoms with E-state index in [9.17, 15) is 22.0 Å². The van der Waals surface area contributed by atoms with Gasteiger partial charge in [0, 0.05) is 0 Å². The van der Waals surface area contributed by atoms with Crippen molar-refractivity contribution >= 4 is 5.69 Å². The van der Waals surface area contributed by atoms with Crippen LogP contribution >= 0.6 is 0 Å². The van der Waals surface area contributed by atoms with Crippen molar-refractivity contribution in [3.05, 3.63) is 41.5 Å². The quantitative estimate of drug-likeness (QED) is 0.478. The van der Waals surface area contributed by atoms with E-state index in [1.807, 2.05) is 0 Å². The summed E-state index contributed by atoms with van der Waals surface area (Å²) in [6, 6.07) is 0. The molecule has 0 aliphatic rings. The summed E-state index contributed by atoms with van der Waals surface area (Å²) in [6.07, 6.45) is 1.94. The van der Waals surface area contributed by atoms with E-state index in [2.05, 4.69) is 5.10 Å². The van der Waals surface area contributed by atoms with Crippen molar-refractivity contribution in [3.63, 3.8) is 0 Å². The van der Waals surface area contributed by atoms with E-state index in [1.54, 1.807) is 0 Å². The van der Waals surface area contributed by atoms with Gasteiger partial charge in [-0.05, 0) is 0 Å². The Morgan fingerprint density at radius 2 is 1.35 bits per heavy atom. The molecule has 0 saturated carbocycles. The maximum atomic E-state index is 13.3. The zero-order chi connectivity index (χ0) is 12.7. The SMILES string of the molecule is Nc1cnn(-c2c(F)c(F)c(F)c(F)c2F)c1. The second kappa shape index (κ2) is 3.72. The van der Waals surface area contributed by atoms with Crippen molar-refractivity contribution in [2.75, 3.05) is 5.73 Å². The molecule has 0 atom stereocenters. The van der Waals surface area contributed by atoms with Crippen LogP contribution in [0.1, 0.15) is 0 Å². The number of nitrogen functional groups attached to an aromatic ring is 1. The number of nitrogens with two attached hydrogens (primary N) is 1. The van der Waals surface area contributed by atoms with Gasteiger partial charge in [-0.3, -0.25) is 0 Å². The van der Waals surface area contributed by atoms with Gasteiger partial charge in [-0.2, -0.15) is 5.10 Å². The van der Waals surface area contributed by atoms with E-state index in [0.717, 1.165) is 12.4 Å². The third-order valence-electron chi connectivity index (χ3n) is 2.02. The van der Waals surface area contributed by atoms with Crippen LogP contribution in [0.4, 0.5) is 27.6 Å². The normalized spacial score (nSPS) is 10.9. The Morgan fingerprint density at radius 1 is 0.882 bits per heavy atom. The molecule has 90 valence electrons. The van der Waals surface area contributed by atoms with E-state index >= 15 is 0 Å². The minimum atomic E-state index is -2.22. The molecule has 3 nitrogen and oxygen atoms in total. The predicted octanol–water partition coefficient (Wildman–Crippen LogP) is 2.15. The number of rotatable bonds is 1. The van der Waals surface area contributed by atoms with Crippen molar-refractivity contribution in [2.24, 2.45) is 0 Å². The number of halogens is 5. The highest BCUT2D eigenvalue weighted by atomic mass is 19.2. The van der Waals surface area contributed by atoms with Gasteiger partial charge in [0.05, 0.1) is 18.1 Å². The molecule has 1 heterocycles. The van der Waals surface area contributed by atoms with Crippen LogP contribution in [0, 0.1) is 29.1 Å². The lowest BCUT2D eigenvalue weighted by Crippen LogP contribution is -2.09. The Labute approximate surface area is 91.3 Å². The summed E-state index contributed by atoms with van der Waals surface area (Å²) in [5.41, 5.74) is 4.09. The molecule has 0 amide bonds. The summed E-state index contributed by atoms with van der Waals surface area (Å²) < 4.78 is 65.5. The smallest absolute Gasteiger partial charge is 0.200 e. The van der Waals surface area contributed by atoms with E-state index in [1.165, 1.54) is 0 Å². The van der Waals surface area contributed by atoms with E-state index in [4.69, 9.17) is 5.73 Å². The van der Waals surface area contributed by atoms with Gasteiger partial charge in [-0.1, -0.05) is 0 Å². The molecule has 0 spiro atoms. The van der Waals surface area contributed by atoms with Crippen LogP contribution in [0.2, 0.25) is 0 Å². The molecule has 2 aromatic rings. The molecule has 2 rings (SSSR count). The molecule has 2 N–H and O–H groups in total. The average Bonchev–Trinajstić information content (AvgIpc) is 2.71. The maximum absolute atomic E-state index is 13.3. The molecule has 8 heteroatoms. The minimum Gasteiger partial charge on any atom is -0.396 e. The summed E-state index contributed by atoms with van der Waals surface area (Å²) in [7, 11) is 0. The molecule has 1 aromatic heterocycles. The van der Waals surface area contributed by atoms with Crippen LogP contribution in [0.25, 0.3) is 5.69 Å². The number of hydrogen-bond donors (Lipinski definition) is 1. The number of aromatic nitrogens is 2. The van der Waals surface area contributed by atoms with E-state index in [0.29, 0.717) is 4.68 Å². The van der Waals surface area contributed by atoms with Gasteiger partial charge in [-0.25, -0.2) is 26.6 Å². The lowest BCUT2D eigenvalue weighted by atomic mass is 10.2. The van der Waals surface area contributed by atoms with Gasteiger partial charge in [0.2, 0.25) is 5.82 Å². The predicted molar refractivity (Wildman–Crippen MR) is 47.8 cm³/mol. The largest absolute Gasteiger partial charge is 0.396 e. The molecule has 17 heavy (non-hydrogen) atoms. The first-order chi connectivity index (χ1) is 7.93. The van der Waals surface area contributed by atoms with Gasteiger partial charge in [-0.15, -0.1) is 0 Å². The summed E-state index contributed by atoms with van der Waals surface area (Å²) >= 11 is 0. The standard InChI is InChI=1S/C9H4F5N3/c10-4-5(11)7(13)9(8(14)6(4)12)17-2-3(15)1-16-17/h1-2H,15H2. The number of benzene rings is 1. The Bertz CT molecular complexity index is 564. The molecule has 0 saturated heterocycles. The summed E-state index contributed by atoms with van der Waals surface area (Å²) in [5.74, 6) is -10.2. The minimum absolute atomic E-state index is 0.0222. The van der Waals surface area contributed by atoms with Crippen LogP contribution in [0.3, 0.4) is 0 Å². The van der Waals surface area contributed by atoms with Gasteiger partial charge < -0.3 is 5.73 Å². The lowest BCUT2D eigenvalue weighted by molar-refractivity contribution is 0.374. The van der Waals surface area contributed by atoms with Gasteiger partial charge in [0.1, 0.15) is 5.69 Å². The van der Waals surface area contributed by atoms with Crippen LogP contribution in [-0.4, -0.2) is 9.78 Å². The third-order valence-corrected chi connectivity index (χ3v) is 2.02. The van der Waals surface area contributed by atoms with Crippen molar-refractivity contribution < 1.29 is 22.0 Å². The molecular weight excluding hydrogens is 245 g/mol. The Hall–Kier alpha value is -2.12. The highest BCUT2D eigenvalue weighted by Gasteiger charge is 2.27. The fraction of sp³-hybridized carbons (Fsp3) is 0. The van der Waals surface area contributed by atoms with Crippen molar-refractivity contribution in [1.82, 2.24) is 9.78 Å². The molecule has 0 aliphatic carbocycles. The van der Waals surface area contributed by atoms with Crippen LogP contribution in [-0.2, 0) is 0 Å². The number of anilines is 1.